The minimum atomic E-state index is -1.29. The van der Waals surface area contributed by atoms with Crippen molar-refractivity contribution in [1.82, 2.24) is 0 Å². The molecule has 0 aromatic carbocycles. The lowest BCUT2D eigenvalue weighted by molar-refractivity contribution is -0.314. The zero-order valence-electron chi connectivity index (χ0n) is 9.70. The average Bonchev–Trinajstić information content (AvgIpc) is 2.52. The highest BCUT2D eigenvalue weighted by molar-refractivity contribution is 5.82. The fourth-order valence-electron chi connectivity index (χ4n) is 1.26. The van der Waals surface area contributed by atoms with E-state index in [1.807, 2.05) is 0 Å². The first-order valence-electron chi connectivity index (χ1n) is 4.61. The molecular weight excluding hydrogens is 212 g/mol. The standard InChI is InChI=1S/C11H14O5/c1-6-10(2)8(7-9(12)13-4)15-11(3,14-5)16-10/h1,7H,2-5H3/b8-7+. The van der Waals surface area contributed by atoms with Crippen molar-refractivity contribution in [3.63, 3.8) is 0 Å². The quantitative estimate of drug-likeness (QED) is 0.396. The van der Waals surface area contributed by atoms with Gasteiger partial charge in [-0.15, -0.1) is 6.42 Å². The molecule has 0 spiro atoms. The van der Waals surface area contributed by atoms with E-state index in [9.17, 15) is 4.79 Å². The third-order valence-electron chi connectivity index (χ3n) is 2.25. The molecule has 0 N–H and O–H groups in total. The fourth-order valence-corrected chi connectivity index (χ4v) is 1.26. The summed E-state index contributed by atoms with van der Waals surface area (Å²) in [4.78, 5) is 11.1. The second kappa shape index (κ2) is 4.16. The maximum Gasteiger partial charge on any atom is 0.334 e. The maximum atomic E-state index is 11.1. The summed E-state index contributed by atoms with van der Waals surface area (Å²) in [5.41, 5.74) is -1.14. The van der Waals surface area contributed by atoms with Crippen LogP contribution in [0.2, 0.25) is 0 Å². The van der Waals surface area contributed by atoms with Crippen molar-refractivity contribution < 1.29 is 23.7 Å². The maximum absolute atomic E-state index is 11.1. The van der Waals surface area contributed by atoms with Crippen LogP contribution in [0.5, 0.6) is 0 Å². The van der Waals surface area contributed by atoms with Crippen LogP contribution in [-0.2, 0) is 23.7 Å². The predicted molar refractivity (Wildman–Crippen MR) is 54.9 cm³/mol. The second-order valence-corrected chi connectivity index (χ2v) is 3.48. The lowest BCUT2D eigenvalue weighted by atomic mass is 10.1. The highest BCUT2D eigenvalue weighted by Gasteiger charge is 2.50. The Kier molecular flexibility index (Phi) is 3.27. The van der Waals surface area contributed by atoms with E-state index in [-0.39, 0.29) is 5.76 Å². The Balaban J connectivity index is 3.06. The van der Waals surface area contributed by atoms with E-state index in [0.29, 0.717) is 0 Å². The van der Waals surface area contributed by atoms with Crippen molar-refractivity contribution in [3.8, 4) is 12.3 Å². The summed E-state index contributed by atoms with van der Waals surface area (Å²) in [7, 11) is 2.68. The molecule has 1 heterocycles. The first-order chi connectivity index (χ1) is 7.39. The Morgan fingerprint density at radius 1 is 1.50 bits per heavy atom. The number of terminal acetylenes is 1. The number of rotatable bonds is 2. The van der Waals surface area contributed by atoms with Crippen molar-refractivity contribution in [2.45, 2.75) is 25.4 Å². The highest BCUT2D eigenvalue weighted by Crippen LogP contribution is 2.39. The minimum Gasteiger partial charge on any atom is -0.466 e. The number of carbonyl (C=O) groups excluding carboxylic acids is 1. The van der Waals surface area contributed by atoms with Gasteiger partial charge < -0.3 is 14.2 Å². The van der Waals surface area contributed by atoms with E-state index in [1.165, 1.54) is 14.2 Å². The lowest BCUT2D eigenvalue weighted by Gasteiger charge is -2.20. The number of carbonyl (C=O) groups is 1. The Morgan fingerprint density at radius 3 is 2.56 bits per heavy atom. The molecule has 5 nitrogen and oxygen atoms in total. The van der Waals surface area contributed by atoms with E-state index >= 15 is 0 Å². The number of ether oxygens (including phenoxy) is 4. The molecule has 0 aromatic rings. The average molecular weight is 226 g/mol. The molecule has 1 rings (SSSR count). The molecule has 0 bridgehead atoms. The molecule has 1 aliphatic heterocycles. The van der Waals surface area contributed by atoms with Gasteiger partial charge in [-0.05, 0) is 6.92 Å². The van der Waals surface area contributed by atoms with Gasteiger partial charge in [0.05, 0.1) is 13.2 Å². The smallest absolute Gasteiger partial charge is 0.334 e. The van der Waals surface area contributed by atoms with Gasteiger partial charge in [0.15, 0.2) is 11.4 Å². The topological polar surface area (TPSA) is 54.0 Å². The summed E-state index contributed by atoms with van der Waals surface area (Å²) in [6.07, 6.45) is 6.49. The van der Waals surface area contributed by atoms with Crippen molar-refractivity contribution in [1.29, 1.82) is 0 Å². The normalized spacial score (nSPS) is 35.6. The van der Waals surface area contributed by atoms with Gasteiger partial charge in [-0.2, -0.15) is 0 Å². The fraction of sp³-hybridized carbons (Fsp3) is 0.545. The summed E-state index contributed by atoms with van der Waals surface area (Å²) in [5.74, 6) is 0.733. The molecule has 0 amide bonds. The third kappa shape index (κ3) is 2.18. The van der Waals surface area contributed by atoms with E-state index in [0.717, 1.165) is 6.08 Å². The van der Waals surface area contributed by atoms with Crippen LogP contribution in [0.4, 0.5) is 0 Å². The predicted octanol–water partition coefficient (Wildman–Crippen LogP) is 0.802. The summed E-state index contributed by atoms with van der Waals surface area (Å²) in [5, 5.41) is 0. The number of hydrogen-bond acceptors (Lipinski definition) is 5. The van der Waals surface area contributed by atoms with Crippen LogP contribution in [0.1, 0.15) is 13.8 Å². The van der Waals surface area contributed by atoms with Crippen LogP contribution in [0.3, 0.4) is 0 Å². The van der Waals surface area contributed by atoms with Crippen molar-refractivity contribution >= 4 is 5.97 Å². The monoisotopic (exact) mass is 226 g/mol. The summed E-state index contributed by atoms with van der Waals surface area (Å²) >= 11 is 0. The Morgan fingerprint density at radius 2 is 2.12 bits per heavy atom. The molecule has 5 heteroatoms. The Bertz CT molecular complexity index is 367. The summed E-state index contributed by atoms with van der Waals surface area (Å²) in [6.45, 7) is 3.16. The van der Waals surface area contributed by atoms with Crippen LogP contribution in [-0.4, -0.2) is 31.8 Å². The number of methoxy groups -OCH3 is 2. The summed E-state index contributed by atoms with van der Waals surface area (Å²) < 4.78 is 20.3. The first kappa shape index (κ1) is 12.6. The first-order valence-corrected chi connectivity index (χ1v) is 4.61. The lowest BCUT2D eigenvalue weighted by Crippen LogP contribution is -2.32. The molecule has 1 fully saturated rings. The van der Waals surface area contributed by atoms with Crippen molar-refractivity contribution in [3.05, 3.63) is 11.8 Å². The summed E-state index contributed by atoms with van der Waals surface area (Å²) in [6, 6.07) is 0. The van der Waals surface area contributed by atoms with Gasteiger partial charge in [-0.25, -0.2) is 4.79 Å². The van der Waals surface area contributed by atoms with Gasteiger partial charge in [0.2, 0.25) is 0 Å². The Hall–Kier alpha value is -1.51. The molecule has 1 saturated heterocycles. The van der Waals surface area contributed by atoms with Gasteiger partial charge in [-0.1, -0.05) is 5.92 Å². The van der Waals surface area contributed by atoms with Crippen molar-refractivity contribution in [2.24, 2.45) is 0 Å². The molecule has 2 atom stereocenters. The van der Waals surface area contributed by atoms with Crippen LogP contribution in [0, 0.1) is 12.3 Å². The second-order valence-electron chi connectivity index (χ2n) is 3.48. The third-order valence-corrected chi connectivity index (χ3v) is 2.25. The molecule has 0 aliphatic carbocycles. The molecule has 0 aromatic heterocycles. The van der Waals surface area contributed by atoms with E-state index < -0.39 is 17.5 Å². The largest absolute Gasteiger partial charge is 0.466 e. The molecular formula is C11H14O5. The molecule has 2 unspecified atom stereocenters. The molecule has 88 valence electrons. The van der Waals surface area contributed by atoms with Crippen LogP contribution in [0.15, 0.2) is 11.8 Å². The van der Waals surface area contributed by atoms with E-state index in [2.05, 4.69) is 10.7 Å². The molecule has 1 aliphatic rings. The van der Waals surface area contributed by atoms with Gasteiger partial charge in [0.1, 0.15) is 0 Å². The van der Waals surface area contributed by atoms with E-state index in [4.69, 9.17) is 20.6 Å². The zero-order valence-corrected chi connectivity index (χ0v) is 9.70. The van der Waals surface area contributed by atoms with Gasteiger partial charge in [0, 0.05) is 14.0 Å². The van der Waals surface area contributed by atoms with Crippen molar-refractivity contribution in [2.75, 3.05) is 14.2 Å². The van der Waals surface area contributed by atoms with Crippen LogP contribution in [0.25, 0.3) is 0 Å². The van der Waals surface area contributed by atoms with Crippen LogP contribution >= 0.6 is 0 Å². The van der Waals surface area contributed by atoms with E-state index in [1.54, 1.807) is 13.8 Å². The molecule has 0 saturated carbocycles. The Labute approximate surface area is 94.3 Å². The SMILES string of the molecule is C#CC1(C)OC(C)(OC)O/C1=C/C(=O)OC. The van der Waals surface area contributed by atoms with Gasteiger partial charge in [0.25, 0.3) is 0 Å². The zero-order chi connectivity index (χ0) is 12.4. The number of hydrogen-bond donors (Lipinski definition) is 0. The highest BCUT2D eigenvalue weighted by atomic mass is 16.9. The molecule has 0 radical (unpaired) electrons. The van der Waals surface area contributed by atoms with Crippen LogP contribution < -0.4 is 0 Å². The van der Waals surface area contributed by atoms with Gasteiger partial charge >= 0.3 is 11.9 Å². The van der Waals surface area contributed by atoms with Gasteiger partial charge in [-0.3, -0.25) is 4.74 Å². The minimum absolute atomic E-state index is 0.186. The number of esters is 1. The molecule has 16 heavy (non-hydrogen) atoms.